The van der Waals surface area contributed by atoms with E-state index in [1.165, 1.54) is 0 Å². The monoisotopic (exact) mass is 272 g/mol. The number of esters is 1. The third kappa shape index (κ3) is 2.98. The molecule has 20 heavy (non-hydrogen) atoms. The highest BCUT2D eigenvalue weighted by Crippen LogP contribution is 2.59. The minimum absolute atomic E-state index is 0.0935. The number of hydrogen-bond donors (Lipinski definition) is 0. The van der Waals surface area contributed by atoms with Gasteiger partial charge >= 0.3 is 5.97 Å². The van der Waals surface area contributed by atoms with Gasteiger partial charge in [-0.25, -0.2) is 0 Å². The molecule has 2 rings (SSSR count). The molecule has 1 fully saturated rings. The molecule has 1 aromatic carbocycles. The van der Waals surface area contributed by atoms with E-state index in [2.05, 4.69) is 0 Å². The summed E-state index contributed by atoms with van der Waals surface area (Å²) in [5.41, 5.74) is 1.52. The normalized spacial score (nSPS) is 24.1. The van der Waals surface area contributed by atoms with Crippen LogP contribution >= 0.6 is 0 Å². The van der Waals surface area contributed by atoms with Crippen LogP contribution in [0.25, 0.3) is 0 Å². The second-order valence-corrected chi connectivity index (χ2v) is 5.95. The van der Waals surface area contributed by atoms with E-state index in [4.69, 9.17) is 4.74 Å². The second-order valence-electron chi connectivity index (χ2n) is 5.95. The maximum absolute atomic E-state index is 12.1. The number of ether oxygens (including phenoxy) is 1. The van der Waals surface area contributed by atoms with Crippen LogP contribution in [0.3, 0.4) is 0 Å². The fourth-order valence-electron chi connectivity index (χ4n) is 2.58. The van der Waals surface area contributed by atoms with Crippen LogP contribution in [0.5, 0.6) is 0 Å². The molecule has 0 radical (unpaired) electrons. The maximum atomic E-state index is 12.1. The molecule has 2 unspecified atom stereocenters. The van der Waals surface area contributed by atoms with Gasteiger partial charge in [0.1, 0.15) is 12.9 Å². The van der Waals surface area contributed by atoms with Gasteiger partial charge in [0.2, 0.25) is 0 Å². The highest BCUT2D eigenvalue weighted by atomic mass is 16.5. The number of carbonyl (C=O) groups is 2. The number of hydrogen-bond acceptors (Lipinski definition) is 3. The van der Waals surface area contributed by atoms with Gasteiger partial charge < -0.3 is 4.74 Å². The third-order valence-corrected chi connectivity index (χ3v) is 4.02. The molecule has 106 valence electrons. The van der Waals surface area contributed by atoms with E-state index < -0.39 is 0 Å². The van der Waals surface area contributed by atoms with Gasteiger partial charge in [0.05, 0.1) is 5.92 Å². The zero-order valence-electron chi connectivity index (χ0n) is 12.1. The second kappa shape index (κ2) is 5.61. The van der Waals surface area contributed by atoms with Crippen molar-refractivity contribution in [3.05, 3.63) is 47.5 Å². The van der Waals surface area contributed by atoms with E-state index >= 15 is 0 Å². The summed E-state index contributed by atoms with van der Waals surface area (Å²) in [4.78, 5) is 22.8. The maximum Gasteiger partial charge on any atom is 0.310 e. The van der Waals surface area contributed by atoms with E-state index in [0.29, 0.717) is 12.2 Å². The standard InChI is InChI=1S/C17H20O3/c1-12(10-18)9-14-15(17(14,2)3)16(19)20-11-13-7-5-4-6-8-13/h4-10,14-15H,11H2,1-3H3/b12-9+. The lowest BCUT2D eigenvalue weighted by molar-refractivity contribution is -0.147. The minimum Gasteiger partial charge on any atom is -0.461 e. The molecule has 0 spiro atoms. The molecule has 0 N–H and O–H groups in total. The molecule has 0 amide bonds. The Hall–Kier alpha value is -1.90. The van der Waals surface area contributed by atoms with Gasteiger partial charge in [-0.05, 0) is 29.4 Å². The topological polar surface area (TPSA) is 43.4 Å². The van der Waals surface area contributed by atoms with Crippen molar-refractivity contribution in [1.29, 1.82) is 0 Å². The van der Waals surface area contributed by atoms with Crippen LogP contribution < -0.4 is 0 Å². The molecule has 0 bridgehead atoms. The van der Waals surface area contributed by atoms with Crippen LogP contribution in [0.4, 0.5) is 0 Å². The summed E-state index contributed by atoms with van der Waals surface area (Å²) in [5.74, 6) is -0.240. The Morgan fingerprint density at radius 3 is 2.55 bits per heavy atom. The predicted molar refractivity (Wildman–Crippen MR) is 76.8 cm³/mol. The molecular weight excluding hydrogens is 252 g/mol. The first-order valence-corrected chi connectivity index (χ1v) is 6.81. The molecule has 2 atom stereocenters. The largest absolute Gasteiger partial charge is 0.461 e. The van der Waals surface area contributed by atoms with Gasteiger partial charge in [0.15, 0.2) is 0 Å². The van der Waals surface area contributed by atoms with E-state index in [1.54, 1.807) is 6.92 Å². The summed E-state index contributed by atoms with van der Waals surface area (Å²) in [7, 11) is 0. The zero-order valence-corrected chi connectivity index (χ0v) is 12.1. The van der Waals surface area contributed by atoms with Gasteiger partial charge in [-0.3, -0.25) is 9.59 Å². The van der Waals surface area contributed by atoms with Crippen molar-refractivity contribution in [1.82, 2.24) is 0 Å². The lowest BCUT2D eigenvalue weighted by Crippen LogP contribution is -2.10. The zero-order chi connectivity index (χ0) is 14.8. The fraction of sp³-hybridized carbons (Fsp3) is 0.412. The first kappa shape index (κ1) is 14.5. The summed E-state index contributed by atoms with van der Waals surface area (Å²) in [6.45, 7) is 6.12. The van der Waals surface area contributed by atoms with Crippen molar-refractivity contribution in [2.24, 2.45) is 17.3 Å². The molecule has 0 aliphatic heterocycles. The molecule has 1 aliphatic carbocycles. The van der Waals surface area contributed by atoms with Crippen molar-refractivity contribution < 1.29 is 14.3 Å². The predicted octanol–water partition coefficient (Wildman–Crippen LogP) is 3.15. The number of rotatable bonds is 5. The van der Waals surface area contributed by atoms with Crippen molar-refractivity contribution in [3.8, 4) is 0 Å². The quantitative estimate of drug-likeness (QED) is 0.470. The molecule has 1 aliphatic rings. The van der Waals surface area contributed by atoms with E-state index in [9.17, 15) is 9.59 Å². The van der Waals surface area contributed by atoms with Crippen LogP contribution in [-0.2, 0) is 20.9 Å². The smallest absolute Gasteiger partial charge is 0.310 e. The van der Waals surface area contributed by atoms with Gasteiger partial charge in [0.25, 0.3) is 0 Å². The molecule has 3 nitrogen and oxygen atoms in total. The Bertz CT molecular complexity index is 528. The molecule has 3 heteroatoms. The average molecular weight is 272 g/mol. The molecule has 0 saturated heterocycles. The van der Waals surface area contributed by atoms with Crippen molar-refractivity contribution in [2.45, 2.75) is 27.4 Å². The Balaban J connectivity index is 1.95. The number of aldehydes is 1. The highest BCUT2D eigenvalue weighted by molar-refractivity contribution is 5.79. The van der Waals surface area contributed by atoms with Gasteiger partial charge in [-0.1, -0.05) is 50.3 Å². The minimum atomic E-state index is -0.182. The first-order chi connectivity index (χ1) is 9.46. The van der Waals surface area contributed by atoms with Crippen LogP contribution in [0.15, 0.2) is 42.0 Å². The van der Waals surface area contributed by atoms with Crippen LogP contribution in [0.1, 0.15) is 26.3 Å². The Morgan fingerprint density at radius 2 is 1.95 bits per heavy atom. The van der Waals surface area contributed by atoms with Gasteiger partial charge in [-0.15, -0.1) is 0 Å². The highest BCUT2D eigenvalue weighted by Gasteiger charge is 2.61. The first-order valence-electron chi connectivity index (χ1n) is 6.81. The number of carbonyl (C=O) groups excluding carboxylic acids is 2. The molecule has 1 saturated carbocycles. The van der Waals surface area contributed by atoms with E-state index in [-0.39, 0.29) is 23.2 Å². The fourth-order valence-corrected chi connectivity index (χ4v) is 2.58. The Labute approximate surface area is 119 Å². The molecule has 1 aromatic rings. The van der Waals surface area contributed by atoms with E-state index in [1.807, 2.05) is 50.3 Å². The summed E-state index contributed by atoms with van der Waals surface area (Å²) in [6.07, 6.45) is 2.70. The van der Waals surface area contributed by atoms with Crippen LogP contribution in [0, 0.1) is 17.3 Å². The third-order valence-electron chi connectivity index (χ3n) is 4.02. The molecule has 0 aromatic heterocycles. The average Bonchev–Trinajstić information content (AvgIpc) is 2.98. The molecule has 0 heterocycles. The van der Waals surface area contributed by atoms with Crippen molar-refractivity contribution in [2.75, 3.05) is 0 Å². The Kier molecular flexibility index (Phi) is 4.07. The molecular formula is C17H20O3. The SMILES string of the molecule is C/C(C=O)=C\C1C(C(=O)OCc2ccccc2)C1(C)C. The summed E-state index contributed by atoms with van der Waals surface area (Å²) >= 11 is 0. The van der Waals surface area contributed by atoms with Gasteiger partial charge in [-0.2, -0.15) is 0 Å². The lowest BCUT2D eigenvalue weighted by Gasteiger charge is -2.05. The van der Waals surface area contributed by atoms with Crippen molar-refractivity contribution in [3.63, 3.8) is 0 Å². The van der Waals surface area contributed by atoms with E-state index in [0.717, 1.165) is 11.8 Å². The van der Waals surface area contributed by atoms with Crippen LogP contribution in [-0.4, -0.2) is 12.3 Å². The summed E-state index contributed by atoms with van der Waals surface area (Å²) in [6, 6.07) is 9.63. The van der Waals surface area contributed by atoms with Crippen molar-refractivity contribution >= 4 is 12.3 Å². The summed E-state index contributed by atoms with van der Waals surface area (Å²) < 4.78 is 5.38. The lowest BCUT2D eigenvalue weighted by atomic mass is 10.1. The summed E-state index contributed by atoms with van der Waals surface area (Å²) in [5, 5.41) is 0. The van der Waals surface area contributed by atoms with Crippen LogP contribution in [0.2, 0.25) is 0 Å². The number of allylic oxidation sites excluding steroid dienone is 2. The van der Waals surface area contributed by atoms with Gasteiger partial charge in [0, 0.05) is 0 Å². The Morgan fingerprint density at radius 1 is 1.30 bits per heavy atom. The number of benzene rings is 1.